The van der Waals surface area contributed by atoms with Crippen LogP contribution in [0.3, 0.4) is 0 Å². The first kappa shape index (κ1) is 13.7. The molecule has 2 nitrogen and oxygen atoms in total. The largest absolute Gasteiger partial charge is 0.390 e. The summed E-state index contributed by atoms with van der Waals surface area (Å²) in [5, 5.41) is 9.67. The van der Waals surface area contributed by atoms with Gasteiger partial charge in [-0.3, -0.25) is 4.79 Å². The molecule has 1 atom stereocenters. The van der Waals surface area contributed by atoms with Gasteiger partial charge < -0.3 is 5.11 Å². The predicted octanol–water partition coefficient (Wildman–Crippen LogP) is 3.32. The Balaban J connectivity index is 2.67. The van der Waals surface area contributed by atoms with Crippen LogP contribution in [0.1, 0.15) is 66.7 Å². The van der Waals surface area contributed by atoms with E-state index in [0.29, 0.717) is 18.6 Å². The van der Waals surface area contributed by atoms with Crippen molar-refractivity contribution in [3.8, 4) is 0 Å². The van der Waals surface area contributed by atoms with Crippen molar-refractivity contribution in [3.63, 3.8) is 0 Å². The molecule has 0 aromatic carbocycles. The topological polar surface area (TPSA) is 37.3 Å². The first-order valence-corrected chi connectivity index (χ1v) is 6.34. The van der Waals surface area contributed by atoms with E-state index in [0.717, 1.165) is 19.3 Å². The molecule has 1 aliphatic carbocycles. The van der Waals surface area contributed by atoms with E-state index in [4.69, 9.17) is 0 Å². The Kier molecular flexibility index (Phi) is 3.54. The van der Waals surface area contributed by atoms with E-state index in [1.807, 2.05) is 0 Å². The van der Waals surface area contributed by atoms with E-state index in [9.17, 15) is 9.90 Å². The Labute approximate surface area is 99.4 Å². The normalized spacial score (nSPS) is 29.4. The minimum atomic E-state index is -0.727. The van der Waals surface area contributed by atoms with Crippen LogP contribution in [0, 0.1) is 10.8 Å². The second kappa shape index (κ2) is 4.14. The maximum atomic E-state index is 12.3. The molecular weight excluding hydrogens is 200 g/mol. The van der Waals surface area contributed by atoms with Crippen LogP contribution in [-0.4, -0.2) is 16.5 Å². The Morgan fingerprint density at radius 2 is 1.81 bits per heavy atom. The molecule has 1 aliphatic rings. The third kappa shape index (κ3) is 2.65. The molecular formula is C14H26O2. The number of hydrogen-bond acceptors (Lipinski definition) is 2. The van der Waals surface area contributed by atoms with Crippen LogP contribution >= 0.6 is 0 Å². The Bertz CT molecular complexity index is 273. The van der Waals surface area contributed by atoms with Crippen molar-refractivity contribution in [1.29, 1.82) is 0 Å². The monoisotopic (exact) mass is 226 g/mol. The summed E-state index contributed by atoms with van der Waals surface area (Å²) in [5.74, 6) is 0.331. The van der Waals surface area contributed by atoms with Crippen molar-refractivity contribution >= 4 is 5.78 Å². The predicted molar refractivity (Wildman–Crippen MR) is 66.3 cm³/mol. The molecule has 0 aromatic heterocycles. The molecule has 16 heavy (non-hydrogen) atoms. The standard InChI is InChI=1S/C14H26O2/c1-12(2)8-6-9-14(12,5)11(15)7-10-13(3,4)16/h16H,6-10H2,1-5H3/t14-/m0/s1. The summed E-state index contributed by atoms with van der Waals surface area (Å²) in [6.07, 6.45) is 4.36. The van der Waals surface area contributed by atoms with Gasteiger partial charge in [-0.15, -0.1) is 0 Å². The lowest BCUT2D eigenvalue weighted by molar-refractivity contribution is -0.133. The smallest absolute Gasteiger partial charge is 0.139 e. The van der Waals surface area contributed by atoms with Crippen LogP contribution < -0.4 is 0 Å². The fourth-order valence-corrected chi connectivity index (χ4v) is 2.71. The molecule has 2 heteroatoms. The van der Waals surface area contributed by atoms with Crippen LogP contribution in [0.2, 0.25) is 0 Å². The second-order valence-corrected chi connectivity index (χ2v) is 6.81. The molecule has 1 N–H and O–H groups in total. The van der Waals surface area contributed by atoms with Gasteiger partial charge in [0.05, 0.1) is 5.60 Å². The number of Topliss-reactive ketones (excluding diaryl/α,β-unsaturated/α-hetero) is 1. The molecule has 1 fully saturated rings. The third-order valence-corrected chi connectivity index (χ3v) is 4.55. The fourth-order valence-electron chi connectivity index (χ4n) is 2.71. The molecule has 0 saturated heterocycles. The van der Waals surface area contributed by atoms with Gasteiger partial charge in [0.25, 0.3) is 0 Å². The highest BCUT2D eigenvalue weighted by molar-refractivity contribution is 5.85. The molecule has 1 rings (SSSR count). The van der Waals surface area contributed by atoms with Crippen molar-refractivity contribution in [1.82, 2.24) is 0 Å². The van der Waals surface area contributed by atoms with Crippen molar-refractivity contribution < 1.29 is 9.90 Å². The highest BCUT2D eigenvalue weighted by Crippen LogP contribution is 2.53. The zero-order valence-corrected chi connectivity index (χ0v) is 11.4. The Hall–Kier alpha value is -0.370. The number of hydrogen-bond donors (Lipinski definition) is 1. The van der Waals surface area contributed by atoms with Crippen molar-refractivity contribution in [3.05, 3.63) is 0 Å². The highest BCUT2D eigenvalue weighted by atomic mass is 16.3. The Morgan fingerprint density at radius 1 is 1.25 bits per heavy atom. The molecule has 0 amide bonds. The SMILES string of the molecule is CC(C)(O)CCC(=O)[C@]1(C)CCCC1(C)C. The fraction of sp³-hybridized carbons (Fsp3) is 0.929. The molecule has 0 heterocycles. The van der Waals surface area contributed by atoms with Crippen LogP contribution in [0.25, 0.3) is 0 Å². The number of ketones is 1. The van der Waals surface area contributed by atoms with E-state index < -0.39 is 5.60 Å². The summed E-state index contributed by atoms with van der Waals surface area (Å²) in [7, 11) is 0. The molecule has 0 aromatic rings. The highest BCUT2D eigenvalue weighted by Gasteiger charge is 2.49. The van der Waals surface area contributed by atoms with Gasteiger partial charge in [0.2, 0.25) is 0 Å². The van der Waals surface area contributed by atoms with Gasteiger partial charge >= 0.3 is 0 Å². The van der Waals surface area contributed by atoms with Gasteiger partial charge in [-0.05, 0) is 38.5 Å². The summed E-state index contributed by atoms with van der Waals surface area (Å²) < 4.78 is 0. The second-order valence-electron chi connectivity index (χ2n) is 6.81. The van der Waals surface area contributed by atoms with E-state index in [1.165, 1.54) is 0 Å². The third-order valence-electron chi connectivity index (χ3n) is 4.55. The summed E-state index contributed by atoms with van der Waals surface area (Å²) in [5.41, 5.74) is -0.795. The number of carbonyl (C=O) groups excluding carboxylic acids is 1. The molecule has 94 valence electrons. The molecule has 0 spiro atoms. The summed E-state index contributed by atoms with van der Waals surface area (Å²) >= 11 is 0. The van der Waals surface area contributed by atoms with E-state index in [-0.39, 0.29) is 10.8 Å². The molecule has 0 unspecified atom stereocenters. The summed E-state index contributed by atoms with van der Waals surface area (Å²) in [6.45, 7) is 10.0. The van der Waals surface area contributed by atoms with E-state index in [2.05, 4.69) is 20.8 Å². The van der Waals surface area contributed by atoms with Gasteiger partial charge in [-0.25, -0.2) is 0 Å². The molecule has 0 aliphatic heterocycles. The number of carbonyl (C=O) groups is 1. The van der Waals surface area contributed by atoms with Crippen LogP contribution in [-0.2, 0) is 4.79 Å². The van der Waals surface area contributed by atoms with Crippen LogP contribution in [0.5, 0.6) is 0 Å². The van der Waals surface area contributed by atoms with Crippen molar-refractivity contribution in [2.24, 2.45) is 10.8 Å². The average Bonchev–Trinajstić information content (AvgIpc) is 2.37. The van der Waals surface area contributed by atoms with Crippen LogP contribution in [0.15, 0.2) is 0 Å². The van der Waals surface area contributed by atoms with Crippen molar-refractivity contribution in [2.45, 2.75) is 72.3 Å². The lowest BCUT2D eigenvalue weighted by atomic mass is 9.65. The number of aliphatic hydroxyl groups is 1. The number of rotatable bonds is 4. The van der Waals surface area contributed by atoms with Crippen molar-refractivity contribution in [2.75, 3.05) is 0 Å². The molecule has 0 radical (unpaired) electrons. The molecule has 1 saturated carbocycles. The first-order valence-electron chi connectivity index (χ1n) is 6.34. The minimum absolute atomic E-state index is 0.115. The van der Waals surface area contributed by atoms with Gasteiger partial charge in [-0.2, -0.15) is 0 Å². The quantitative estimate of drug-likeness (QED) is 0.798. The van der Waals surface area contributed by atoms with Gasteiger partial charge in [0.15, 0.2) is 0 Å². The molecule has 0 bridgehead atoms. The summed E-state index contributed by atoms with van der Waals surface area (Å²) in [6, 6.07) is 0. The van der Waals surface area contributed by atoms with Gasteiger partial charge in [0, 0.05) is 11.8 Å². The average molecular weight is 226 g/mol. The minimum Gasteiger partial charge on any atom is -0.390 e. The lowest BCUT2D eigenvalue weighted by Gasteiger charge is -2.37. The lowest BCUT2D eigenvalue weighted by Crippen LogP contribution is -2.38. The van der Waals surface area contributed by atoms with E-state index in [1.54, 1.807) is 13.8 Å². The zero-order valence-electron chi connectivity index (χ0n) is 11.4. The Morgan fingerprint density at radius 3 is 2.19 bits per heavy atom. The summed E-state index contributed by atoms with van der Waals surface area (Å²) in [4.78, 5) is 12.3. The van der Waals surface area contributed by atoms with Crippen LogP contribution in [0.4, 0.5) is 0 Å². The maximum absolute atomic E-state index is 12.3. The van der Waals surface area contributed by atoms with Gasteiger partial charge in [0.1, 0.15) is 5.78 Å². The first-order chi connectivity index (χ1) is 7.08. The maximum Gasteiger partial charge on any atom is 0.139 e. The zero-order chi connectivity index (χ0) is 12.6. The van der Waals surface area contributed by atoms with Gasteiger partial charge in [-0.1, -0.05) is 27.2 Å². The van der Waals surface area contributed by atoms with E-state index >= 15 is 0 Å².